The summed E-state index contributed by atoms with van der Waals surface area (Å²) in [5.74, 6) is 0.410. The second-order valence-electron chi connectivity index (χ2n) is 4.13. The summed E-state index contributed by atoms with van der Waals surface area (Å²) in [6.07, 6.45) is -3.81. The van der Waals surface area contributed by atoms with Crippen LogP contribution >= 0.6 is 11.6 Å². The minimum atomic E-state index is -4.49. The van der Waals surface area contributed by atoms with Crippen LogP contribution in [-0.4, -0.2) is 12.1 Å². The summed E-state index contributed by atoms with van der Waals surface area (Å²) in [6.45, 7) is 0. The Morgan fingerprint density at radius 2 is 2.00 bits per heavy atom. The van der Waals surface area contributed by atoms with Crippen molar-refractivity contribution in [2.24, 2.45) is 0 Å². The lowest BCUT2D eigenvalue weighted by Gasteiger charge is -2.13. The van der Waals surface area contributed by atoms with Crippen LogP contribution in [0.4, 0.5) is 30.4 Å². The van der Waals surface area contributed by atoms with Gasteiger partial charge >= 0.3 is 6.18 Å². The molecule has 1 heterocycles. The molecule has 4 nitrogen and oxygen atoms in total. The summed E-state index contributed by atoms with van der Waals surface area (Å²) in [4.78, 5) is 3.54. The van der Waals surface area contributed by atoms with Crippen molar-refractivity contribution in [2.75, 3.05) is 18.2 Å². The molecule has 0 saturated carbocycles. The Morgan fingerprint density at radius 1 is 1.29 bits per heavy atom. The van der Waals surface area contributed by atoms with E-state index in [1.807, 2.05) is 0 Å². The number of pyridine rings is 1. The molecule has 0 spiro atoms. The second-order valence-corrected chi connectivity index (χ2v) is 4.54. The normalized spacial score (nSPS) is 11.3. The molecule has 0 aliphatic rings. The average Bonchev–Trinajstić information content (AvgIpc) is 2.40. The molecule has 0 aliphatic carbocycles. The molecule has 0 atom stereocenters. The predicted molar refractivity (Wildman–Crippen MR) is 74.9 cm³/mol. The van der Waals surface area contributed by atoms with Gasteiger partial charge < -0.3 is 15.8 Å². The summed E-state index contributed by atoms with van der Waals surface area (Å²) in [5, 5.41) is 3.07. The summed E-state index contributed by atoms with van der Waals surface area (Å²) in [6, 6.07) is 5.59. The van der Waals surface area contributed by atoms with Gasteiger partial charge in [-0.1, -0.05) is 11.6 Å². The van der Waals surface area contributed by atoms with Crippen LogP contribution in [0.1, 0.15) is 5.56 Å². The van der Waals surface area contributed by atoms with Gasteiger partial charge in [0.1, 0.15) is 11.6 Å². The highest BCUT2D eigenvalue weighted by molar-refractivity contribution is 6.32. The Morgan fingerprint density at radius 3 is 2.57 bits per heavy atom. The van der Waals surface area contributed by atoms with Gasteiger partial charge in [-0.25, -0.2) is 4.98 Å². The molecule has 3 N–H and O–H groups in total. The zero-order valence-corrected chi connectivity index (χ0v) is 11.6. The Kier molecular flexibility index (Phi) is 4.13. The number of nitrogens with one attached hydrogen (secondary N) is 1. The van der Waals surface area contributed by atoms with Crippen LogP contribution in [0.15, 0.2) is 30.5 Å². The van der Waals surface area contributed by atoms with Crippen molar-refractivity contribution in [2.45, 2.75) is 6.18 Å². The monoisotopic (exact) mass is 317 g/mol. The fraction of sp³-hybridized carbons (Fsp3) is 0.154. The number of halogens is 4. The van der Waals surface area contributed by atoms with Gasteiger partial charge in [0.05, 0.1) is 23.4 Å². The van der Waals surface area contributed by atoms with E-state index in [1.165, 1.54) is 13.2 Å². The summed E-state index contributed by atoms with van der Waals surface area (Å²) < 4.78 is 43.0. The van der Waals surface area contributed by atoms with E-state index in [1.54, 1.807) is 12.1 Å². The van der Waals surface area contributed by atoms with Crippen LogP contribution in [0.5, 0.6) is 5.75 Å². The highest BCUT2D eigenvalue weighted by Gasteiger charge is 2.31. The standard InChI is InChI=1S/C13H11ClF3N3O/c1-21-11-3-2-8(5-9(11)14)20-10-4-7(13(15,16)17)6-19-12(10)18/h2-6,20H,1H3,(H2,18,19). The topological polar surface area (TPSA) is 60.2 Å². The van der Waals surface area contributed by atoms with Crippen molar-refractivity contribution in [3.63, 3.8) is 0 Å². The number of anilines is 3. The molecule has 2 aromatic rings. The molecule has 1 aromatic heterocycles. The van der Waals surface area contributed by atoms with E-state index in [2.05, 4.69) is 10.3 Å². The number of benzene rings is 1. The van der Waals surface area contributed by atoms with E-state index in [4.69, 9.17) is 22.1 Å². The van der Waals surface area contributed by atoms with E-state index in [0.717, 1.165) is 6.07 Å². The summed E-state index contributed by atoms with van der Waals surface area (Å²) in [5.41, 5.74) is 5.20. The van der Waals surface area contributed by atoms with Crippen LogP contribution in [-0.2, 0) is 6.18 Å². The second kappa shape index (κ2) is 5.69. The van der Waals surface area contributed by atoms with Crippen molar-refractivity contribution in [3.05, 3.63) is 41.0 Å². The van der Waals surface area contributed by atoms with Crippen LogP contribution in [0.25, 0.3) is 0 Å². The van der Waals surface area contributed by atoms with Crippen molar-refractivity contribution in [3.8, 4) is 5.75 Å². The Hall–Kier alpha value is -2.15. The van der Waals surface area contributed by atoms with E-state index in [9.17, 15) is 13.2 Å². The lowest BCUT2D eigenvalue weighted by atomic mass is 10.2. The number of hydrogen-bond donors (Lipinski definition) is 2. The number of nitrogens with zero attached hydrogens (tertiary/aromatic N) is 1. The molecule has 112 valence electrons. The third kappa shape index (κ3) is 3.49. The molecule has 0 unspecified atom stereocenters. The molecule has 0 aliphatic heterocycles. The average molecular weight is 318 g/mol. The number of nitrogens with two attached hydrogens (primary N) is 1. The minimum absolute atomic E-state index is 0.0464. The largest absolute Gasteiger partial charge is 0.495 e. The van der Waals surface area contributed by atoms with E-state index in [-0.39, 0.29) is 11.5 Å². The highest BCUT2D eigenvalue weighted by Crippen LogP contribution is 2.34. The third-order valence-electron chi connectivity index (χ3n) is 2.68. The van der Waals surface area contributed by atoms with Gasteiger partial charge in [-0.3, -0.25) is 0 Å². The molecule has 21 heavy (non-hydrogen) atoms. The maximum absolute atomic E-state index is 12.7. The van der Waals surface area contributed by atoms with Crippen molar-refractivity contribution >= 4 is 28.8 Å². The number of ether oxygens (including phenoxy) is 1. The minimum Gasteiger partial charge on any atom is -0.495 e. The van der Waals surface area contributed by atoms with E-state index < -0.39 is 11.7 Å². The first-order chi connectivity index (χ1) is 9.81. The first kappa shape index (κ1) is 15.2. The zero-order chi connectivity index (χ0) is 15.6. The van der Waals surface area contributed by atoms with Gasteiger partial charge in [-0.2, -0.15) is 13.2 Å². The summed E-state index contributed by atoms with van der Waals surface area (Å²) >= 11 is 5.95. The van der Waals surface area contributed by atoms with Crippen LogP contribution in [0.2, 0.25) is 5.02 Å². The number of nitrogen functional groups attached to an aromatic ring is 1. The molecule has 0 radical (unpaired) electrons. The molecule has 0 amide bonds. The van der Waals surface area contributed by atoms with E-state index >= 15 is 0 Å². The smallest absolute Gasteiger partial charge is 0.417 e. The number of methoxy groups -OCH3 is 1. The van der Waals surface area contributed by atoms with Gasteiger partial charge in [0, 0.05) is 11.9 Å². The number of rotatable bonds is 3. The molecular weight excluding hydrogens is 307 g/mol. The molecule has 2 rings (SSSR count). The molecule has 8 heteroatoms. The van der Waals surface area contributed by atoms with Crippen LogP contribution in [0, 0.1) is 0 Å². The predicted octanol–water partition coefficient (Wildman–Crippen LogP) is 4.09. The number of alkyl halides is 3. The third-order valence-corrected chi connectivity index (χ3v) is 2.97. The zero-order valence-electron chi connectivity index (χ0n) is 10.8. The Bertz CT molecular complexity index is 662. The van der Waals surface area contributed by atoms with Crippen LogP contribution < -0.4 is 15.8 Å². The molecule has 1 aromatic carbocycles. The molecule has 0 fully saturated rings. The van der Waals surface area contributed by atoms with Crippen molar-refractivity contribution in [1.29, 1.82) is 0 Å². The van der Waals surface area contributed by atoms with Gasteiger partial charge in [0.15, 0.2) is 0 Å². The van der Waals surface area contributed by atoms with Gasteiger partial charge in [0.2, 0.25) is 0 Å². The molecule has 0 saturated heterocycles. The molecule has 0 bridgehead atoms. The van der Waals surface area contributed by atoms with Crippen molar-refractivity contribution < 1.29 is 17.9 Å². The van der Waals surface area contributed by atoms with Gasteiger partial charge in [-0.15, -0.1) is 0 Å². The first-order valence-electron chi connectivity index (χ1n) is 5.74. The van der Waals surface area contributed by atoms with Gasteiger partial charge in [-0.05, 0) is 24.3 Å². The van der Waals surface area contributed by atoms with E-state index in [0.29, 0.717) is 22.7 Å². The molecular formula is C13H11ClF3N3O. The maximum Gasteiger partial charge on any atom is 0.417 e. The fourth-order valence-electron chi connectivity index (χ4n) is 1.63. The summed E-state index contributed by atoms with van der Waals surface area (Å²) in [7, 11) is 1.46. The first-order valence-corrected chi connectivity index (χ1v) is 6.12. The lowest BCUT2D eigenvalue weighted by molar-refractivity contribution is -0.137. The number of aromatic nitrogens is 1. The SMILES string of the molecule is COc1ccc(Nc2cc(C(F)(F)F)cnc2N)cc1Cl. The number of hydrogen-bond acceptors (Lipinski definition) is 4. The van der Waals surface area contributed by atoms with Crippen molar-refractivity contribution in [1.82, 2.24) is 4.98 Å². The van der Waals surface area contributed by atoms with Gasteiger partial charge in [0.25, 0.3) is 0 Å². The lowest BCUT2D eigenvalue weighted by Crippen LogP contribution is -2.08. The Balaban J connectivity index is 2.33. The maximum atomic E-state index is 12.7. The van der Waals surface area contributed by atoms with Crippen LogP contribution in [0.3, 0.4) is 0 Å². The Labute approximate surface area is 123 Å². The fourth-order valence-corrected chi connectivity index (χ4v) is 1.89. The highest BCUT2D eigenvalue weighted by atomic mass is 35.5. The quantitative estimate of drug-likeness (QED) is 0.895.